The molecule has 2 N–H and O–H groups in total. The van der Waals surface area contributed by atoms with E-state index in [0.29, 0.717) is 29.4 Å². The highest BCUT2D eigenvalue weighted by Crippen LogP contribution is 2.28. The molecule has 0 heterocycles. The standard InChI is InChI=1S/C24H24N2O5/c1-4-13-30-21-12-10-19(15-22(21)29-3)24(28)26-25-23(27)16(2)31-20-11-9-17-7-5-6-8-18(17)14-20/h4-12,14-16H,1,13H2,2-3H3,(H,25,27)(H,26,28). The summed E-state index contributed by atoms with van der Waals surface area (Å²) in [5, 5.41) is 2.09. The molecule has 7 nitrogen and oxygen atoms in total. The van der Waals surface area contributed by atoms with Crippen LogP contribution in [0.3, 0.4) is 0 Å². The lowest BCUT2D eigenvalue weighted by atomic mass is 10.1. The van der Waals surface area contributed by atoms with Crippen LogP contribution in [-0.2, 0) is 4.79 Å². The van der Waals surface area contributed by atoms with Gasteiger partial charge >= 0.3 is 0 Å². The molecule has 0 spiro atoms. The van der Waals surface area contributed by atoms with Crippen molar-refractivity contribution in [3.05, 3.63) is 78.9 Å². The predicted molar refractivity (Wildman–Crippen MR) is 118 cm³/mol. The molecule has 0 fully saturated rings. The van der Waals surface area contributed by atoms with E-state index in [4.69, 9.17) is 14.2 Å². The van der Waals surface area contributed by atoms with Crippen LogP contribution in [0.25, 0.3) is 10.8 Å². The number of amides is 2. The molecule has 3 aromatic rings. The lowest BCUT2D eigenvalue weighted by Crippen LogP contribution is -2.47. The predicted octanol–water partition coefficient (Wildman–Crippen LogP) is 3.64. The summed E-state index contributed by atoms with van der Waals surface area (Å²) in [7, 11) is 1.48. The van der Waals surface area contributed by atoms with Crippen molar-refractivity contribution >= 4 is 22.6 Å². The quantitative estimate of drug-likeness (QED) is 0.429. The maximum Gasteiger partial charge on any atom is 0.279 e. The van der Waals surface area contributed by atoms with Gasteiger partial charge in [0.05, 0.1) is 7.11 Å². The molecule has 0 aliphatic carbocycles. The van der Waals surface area contributed by atoms with E-state index in [1.807, 2.05) is 36.4 Å². The number of methoxy groups -OCH3 is 1. The summed E-state index contributed by atoms with van der Waals surface area (Å²) in [5.74, 6) is 0.459. The van der Waals surface area contributed by atoms with E-state index in [1.54, 1.807) is 31.2 Å². The van der Waals surface area contributed by atoms with E-state index < -0.39 is 17.9 Å². The molecule has 3 rings (SSSR count). The first kappa shape index (κ1) is 21.7. The SMILES string of the molecule is C=CCOc1ccc(C(=O)NNC(=O)C(C)Oc2ccc3ccccc3c2)cc1OC. The molecule has 0 saturated carbocycles. The summed E-state index contributed by atoms with van der Waals surface area (Å²) in [6.07, 6.45) is 0.794. The van der Waals surface area contributed by atoms with Crippen LogP contribution in [0.15, 0.2) is 73.3 Å². The number of nitrogens with one attached hydrogen (secondary N) is 2. The normalized spacial score (nSPS) is 11.3. The van der Waals surface area contributed by atoms with Crippen LogP contribution < -0.4 is 25.1 Å². The molecule has 0 aliphatic rings. The summed E-state index contributed by atoms with van der Waals surface area (Å²) in [4.78, 5) is 24.7. The highest BCUT2D eigenvalue weighted by atomic mass is 16.5. The Bertz CT molecular complexity index is 1100. The summed E-state index contributed by atoms with van der Waals surface area (Å²) < 4.78 is 16.4. The van der Waals surface area contributed by atoms with Crippen LogP contribution in [0.4, 0.5) is 0 Å². The van der Waals surface area contributed by atoms with Crippen LogP contribution in [0, 0.1) is 0 Å². The fraction of sp³-hybridized carbons (Fsp3) is 0.167. The summed E-state index contributed by atoms with van der Waals surface area (Å²) in [6.45, 7) is 5.51. The van der Waals surface area contributed by atoms with Gasteiger partial charge in [-0.25, -0.2) is 0 Å². The maximum absolute atomic E-state index is 12.4. The fourth-order valence-electron chi connectivity index (χ4n) is 2.87. The van der Waals surface area contributed by atoms with Crippen molar-refractivity contribution in [1.82, 2.24) is 10.9 Å². The van der Waals surface area contributed by atoms with Gasteiger partial charge in [0.1, 0.15) is 12.4 Å². The Kier molecular flexibility index (Phi) is 7.11. The molecule has 3 aromatic carbocycles. The van der Waals surface area contributed by atoms with E-state index in [1.165, 1.54) is 13.2 Å². The second-order valence-electron chi connectivity index (χ2n) is 6.68. The van der Waals surface area contributed by atoms with Gasteiger partial charge in [0, 0.05) is 5.56 Å². The Balaban J connectivity index is 1.57. The van der Waals surface area contributed by atoms with E-state index in [-0.39, 0.29) is 0 Å². The zero-order chi connectivity index (χ0) is 22.2. The van der Waals surface area contributed by atoms with Crippen molar-refractivity contribution < 1.29 is 23.8 Å². The lowest BCUT2D eigenvalue weighted by molar-refractivity contribution is -0.128. The van der Waals surface area contributed by atoms with Gasteiger partial charge in [-0.15, -0.1) is 0 Å². The number of benzene rings is 3. The van der Waals surface area contributed by atoms with Crippen molar-refractivity contribution in [1.29, 1.82) is 0 Å². The van der Waals surface area contributed by atoms with Crippen LogP contribution in [0.2, 0.25) is 0 Å². The lowest BCUT2D eigenvalue weighted by Gasteiger charge is -2.16. The smallest absolute Gasteiger partial charge is 0.279 e. The molecular weight excluding hydrogens is 396 g/mol. The minimum Gasteiger partial charge on any atom is -0.493 e. The average molecular weight is 420 g/mol. The van der Waals surface area contributed by atoms with Crippen LogP contribution in [0.5, 0.6) is 17.2 Å². The Hall–Kier alpha value is -4.00. The third kappa shape index (κ3) is 5.54. The number of fused-ring (bicyclic) bond motifs is 1. The summed E-state index contributed by atoms with van der Waals surface area (Å²) in [5.41, 5.74) is 5.05. The van der Waals surface area contributed by atoms with Gasteiger partial charge in [0.15, 0.2) is 17.6 Å². The van der Waals surface area contributed by atoms with E-state index in [2.05, 4.69) is 17.4 Å². The Morgan fingerprint density at radius 1 is 1.00 bits per heavy atom. The number of rotatable bonds is 8. The first-order valence-electron chi connectivity index (χ1n) is 9.69. The highest BCUT2D eigenvalue weighted by Gasteiger charge is 2.17. The Labute approximate surface area is 180 Å². The number of hydrazine groups is 1. The van der Waals surface area contributed by atoms with Crippen molar-refractivity contribution in [3.63, 3.8) is 0 Å². The molecule has 0 aromatic heterocycles. The van der Waals surface area contributed by atoms with Gasteiger partial charge in [-0.2, -0.15) is 0 Å². The zero-order valence-corrected chi connectivity index (χ0v) is 17.4. The van der Waals surface area contributed by atoms with Gasteiger partial charge in [-0.1, -0.05) is 43.0 Å². The monoisotopic (exact) mass is 420 g/mol. The topological polar surface area (TPSA) is 85.9 Å². The maximum atomic E-state index is 12.4. The minimum atomic E-state index is -0.814. The van der Waals surface area contributed by atoms with Crippen molar-refractivity contribution in [2.75, 3.05) is 13.7 Å². The molecule has 0 aliphatic heterocycles. The number of carbonyl (C=O) groups excluding carboxylic acids is 2. The van der Waals surface area contributed by atoms with E-state index in [9.17, 15) is 9.59 Å². The molecule has 31 heavy (non-hydrogen) atoms. The van der Waals surface area contributed by atoms with Gasteiger partial charge in [0.25, 0.3) is 11.8 Å². The first-order chi connectivity index (χ1) is 15.0. The molecule has 7 heteroatoms. The molecule has 1 unspecified atom stereocenters. The zero-order valence-electron chi connectivity index (χ0n) is 17.4. The fourth-order valence-corrected chi connectivity index (χ4v) is 2.87. The number of carbonyl (C=O) groups is 2. The van der Waals surface area contributed by atoms with Crippen LogP contribution >= 0.6 is 0 Å². The molecule has 0 radical (unpaired) electrons. The van der Waals surface area contributed by atoms with Gasteiger partial charge in [0.2, 0.25) is 0 Å². The highest BCUT2D eigenvalue weighted by molar-refractivity contribution is 5.96. The Morgan fingerprint density at radius 3 is 2.52 bits per heavy atom. The molecule has 1 atom stereocenters. The Morgan fingerprint density at radius 2 is 1.77 bits per heavy atom. The number of hydrogen-bond acceptors (Lipinski definition) is 5. The first-order valence-corrected chi connectivity index (χ1v) is 9.69. The van der Waals surface area contributed by atoms with E-state index in [0.717, 1.165) is 10.8 Å². The van der Waals surface area contributed by atoms with Gasteiger partial charge < -0.3 is 14.2 Å². The summed E-state index contributed by atoms with van der Waals surface area (Å²) >= 11 is 0. The van der Waals surface area contributed by atoms with Gasteiger partial charge in [-0.3, -0.25) is 20.4 Å². The molecule has 0 saturated heterocycles. The number of hydrogen-bond donors (Lipinski definition) is 2. The molecular formula is C24H24N2O5. The second kappa shape index (κ2) is 10.2. The van der Waals surface area contributed by atoms with Crippen molar-refractivity contribution in [2.45, 2.75) is 13.0 Å². The average Bonchev–Trinajstić information content (AvgIpc) is 2.80. The number of ether oxygens (including phenoxy) is 3. The third-order valence-electron chi connectivity index (χ3n) is 4.48. The second-order valence-corrected chi connectivity index (χ2v) is 6.68. The third-order valence-corrected chi connectivity index (χ3v) is 4.48. The van der Waals surface area contributed by atoms with Crippen molar-refractivity contribution in [3.8, 4) is 17.2 Å². The van der Waals surface area contributed by atoms with Crippen LogP contribution in [0.1, 0.15) is 17.3 Å². The van der Waals surface area contributed by atoms with Crippen LogP contribution in [-0.4, -0.2) is 31.6 Å². The minimum absolute atomic E-state index is 0.297. The largest absolute Gasteiger partial charge is 0.493 e. The van der Waals surface area contributed by atoms with Crippen molar-refractivity contribution in [2.24, 2.45) is 0 Å². The van der Waals surface area contributed by atoms with E-state index >= 15 is 0 Å². The molecule has 2 amide bonds. The molecule has 0 bridgehead atoms. The summed E-state index contributed by atoms with van der Waals surface area (Å²) in [6, 6.07) is 18.1. The molecule has 160 valence electrons. The van der Waals surface area contributed by atoms with Gasteiger partial charge in [-0.05, 0) is 48.0 Å².